The highest BCUT2D eigenvalue weighted by atomic mass is 19.1. The highest BCUT2D eigenvalue weighted by Gasteiger charge is 2.54. The Morgan fingerprint density at radius 1 is 1.07 bits per heavy atom. The minimum absolute atomic E-state index is 0.0576. The number of halogens is 2. The van der Waals surface area contributed by atoms with E-state index in [4.69, 9.17) is 4.74 Å². The minimum Gasteiger partial charge on any atom is -0.483 e. The molecule has 5 nitrogen and oxygen atoms in total. The average Bonchev–Trinajstić information content (AvgIpc) is 3.02. The lowest BCUT2D eigenvalue weighted by molar-refractivity contribution is -0.133. The Kier molecular flexibility index (Phi) is 4.19. The van der Waals surface area contributed by atoms with Gasteiger partial charge in [0.1, 0.15) is 23.9 Å². The molecule has 3 heterocycles. The number of carbonyl (C=O) groups is 2. The van der Waals surface area contributed by atoms with E-state index in [1.54, 1.807) is 30.3 Å². The van der Waals surface area contributed by atoms with Crippen molar-refractivity contribution in [1.29, 1.82) is 0 Å². The van der Waals surface area contributed by atoms with Crippen LogP contribution in [-0.2, 0) is 14.3 Å². The van der Waals surface area contributed by atoms with E-state index in [0.717, 1.165) is 0 Å². The second-order valence-electron chi connectivity index (χ2n) is 7.57. The number of fused-ring (bicyclic) bond motifs is 1. The van der Waals surface area contributed by atoms with E-state index in [0.29, 0.717) is 18.7 Å². The molecule has 1 fully saturated rings. The lowest BCUT2D eigenvalue weighted by atomic mass is 9.77. The number of alkyl halides is 1. The molecule has 7 heteroatoms. The molecule has 1 aromatic carbocycles. The predicted molar refractivity (Wildman–Crippen MR) is 100 cm³/mol. The van der Waals surface area contributed by atoms with Crippen molar-refractivity contribution in [2.45, 2.75) is 37.6 Å². The number of rotatable bonds is 2. The monoisotopic (exact) mass is 396 g/mol. The zero-order valence-electron chi connectivity index (χ0n) is 15.4. The summed E-state index contributed by atoms with van der Waals surface area (Å²) in [6.45, 7) is 0. The summed E-state index contributed by atoms with van der Waals surface area (Å²) in [6, 6.07) is 10.0. The van der Waals surface area contributed by atoms with Gasteiger partial charge in [0, 0.05) is 11.8 Å². The van der Waals surface area contributed by atoms with Gasteiger partial charge in [-0.2, -0.15) is 0 Å². The summed E-state index contributed by atoms with van der Waals surface area (Å²) in [5, 5.41) is 0. The number of anilines is 1. The molecule has 4 unspecified atom stereocenters. The predicted octanol–water partition coefficient (Wildman–Crippen LogP) is 3.67. The first kappa shape index (κ1) is 18.0. The first-order valence-electron chi connectivity index (χ1n) is 9.64. The van der Waals surface area contributed by atoms with Crippen molar-refractivity contribution in [2.24, 2.45) is 5.92 Å². The molecule has 2 aliphatic heterocycles. The number of ketones is 1. The van der Waals surface area contributed by atoms with Gasteiger partial charge in [-0.25, -0.2) is 13.8 Å². The molecule has 4 atom stereocenters. The molecule has 1 aromatic heterocycles. The normalized spacial score (nSPS) is 28.8. The van der Waals surface area contributed by atoms with Crippen LogP contribution in [0.5, 0.6) is 0 Å². The summed E-state index contributed by atoms with van der Waals surface area (Å²) in [7, 11) is 0. The van der Waals surface area contributed by atoms with Crippen LogP contribution in [0, 0.1) is 11.7 Å². The van der Waals surface area contributed by atoms with Crippen molar-refractivity contribution in [3.63, 3.8) is 0 Å². The van der Waals surface area contributed by atoms with Crippen molar-refractivity contribution >= 4 is 17.5 Å². The summed E-state index contributed by atoms with van der Waals surface area (Å²) < 4.78 is 34.7. The van der Waals surface area contributed by atoms with Crippen molar-refractivity contribution < 1.29 is 23.1 Å². The summed E-state index contributed by atoms with van der Waals surface area (Å²) in [4.78, 5) is 32.2. The molecule has 0 spiro atoms. The SMILES string of the molecule is O=C1C2=C(OC3CCC(F)CC13)C(=O)N(c1ccccn1)C2c1ccccc1F. The van der Waals surface area contributed by atoms with Gasteiger partial charge in [0.2, 0.25) is 0 Å². The third-order valence-electron chi connectivity index (χ3n) is 5.88. The van der Waals surface area contributed by atoms with Crippen molar-refractivity contribution in [2.75, 3.05) is 4.90 Å². The number of amides is 1. The maximum Gasteiger partial charge on any atom is 0.295 e. The van der Waals surface area contributed by atoms with Gasteiger partial charge >= 0.3 is 0 Å². The number of nitrogens with zero attached hydrogens (tertiary/aromatic N) is 2. The zero-order valence-corrected chi connectivity index (χ0v) is 15.4. The summed E-state index contributed by atoms with van der Waals surface area (Å²) in [5.41, 5.74) is 0.278. The molecule has 0 saturated heterocycles. The third kappa shape index (κ3) is 2.75. The van der Waals surface area contributed by atoms with Gasteiger partial charge in [0.15, 0.2) is 11.5 Å². The van der Waals surface area contributed by atoms with Crippen molar-refractivity contribution in [3.8, 4) is 0 Å². The number of hydrogen-bond acceptors (Lipinski definition) is 4. The van der Waals surface area contributed by atoms with E-state index in [9.17, 15) is 18.4 Å². The van der Waals surface area contributed by atoms with Crippen LogP contribution in [0.2, 0.25) is 0 Å². The highest BCUT2D eigenvalue weighted by molar-refractivity contribution is 6.17. The molecule has 29 heavy (non-hydrogen) atoms. The molecule has 3 aliphatic rings. The lowest BCUT2D eigenvalue weighted by Gasteiger charge is -2.36. The van der Waals surface area contributed by atoms with E-state index in [-0.39, 0.29) is 29.1 Å². The van der Waals surface area contributed by atoms with Crippen LogP contribution >= 0.6 is 0 Å². The molecule has 1 saturated carbocycles. The molecule has 1 amide bonds. The molecule has 5 rings (SSSR count). The van der Waals surface area contributed by atoms with Crippen LogP contribution in [0.15, 0.2) is 60.0 Å². The number of aromatic nitrogens is 1. The summed E-state index contributed by atoms with van der Waals surface area (Å²) in [6.07, 6.45) is 0.641. The van der Waals surface area contributed by atoms with Gasteiger partial charge in [-0.15, -0.1) is 0 Å². The quantitative estimate of drug-likeness (QED) is 0.777. The topological polar surface area (TPSA) is 59.5 Å². The number of ether oxygens (including phenoxy) is 1. The van der Waals surface area contributed by atoms with E-state index in [1.807, 2.05) is 0 Å². The van der Waals surface area contributed by atoms with Gasteiger partial charge in [-0.05, 0) is 37.5 Å². The maximum atomic E-state index is 14.7. The van der Waals surface area contributed by atoms with Crippen LogP contribution in [0.1, 0.15) is 30.9 Å². The van der Waals surface area contributed by atoms with Gasteiger partial charge in [-0.1, -0.05) is 24.3 Å². The van der Waals surface area contributed by atoms with Gasteiger partial charge < -0.3 is 4.74 Å². The maximum absolute atomic E-state index is 14.7. The minimum atomic E-state index is -1.08. The fourth-order valence-corrected chi connectivity index (χ4v) is 4.54. The molecule has 0 radical (unpaired) electrons. The molecule has 1 aliphatic carbocycles. The summed E-state index contributed by atoms with van der Waals surface area (Å²) in [5.74, 6) is -1.83. The Morgan fingerprint density at radius 3 is 2.62 bits per heavy atom. The van der Waals surface area contributed by atoms with Crippen LogP contribution in [0.4, 0.5) is 14.6 Å². The highest BCUT2D eigenvalue weighted by Crippen LogP contribution is 2.48. The lowest BCUT2D eigenvalue weighted by Crippen LogP contribution is -2.42. The van der Waals surface area contributed by atoms with Crippen LogP contribution in [0.25, 0.3) is 0 Å². The second kappa shape index (κ2) is 6.76. The molecular formula is C22H18F2N2O3. The van der Waals surface area contributed by atoms with E-state index < -0.39 is 36.0 Å². The van der Waals surface area contributed by atoms with Crippen LogP contribution in [-0.4, -0.2) is 29.0 Å². The van der Waals surface area contributed by atoms with E-state index >= 15 is 0 Å². The smallest absolute Gasteiger partial charge is 0.295 e. The Hall–Kier alpha value is -3.09. The second-order valence-corrected chi connectivity index (χ2v) is 7.57. The zero-order chi connectivity index (χ0) is 20.1. The van der Waals surface area contributed by atoms with Crippen molar-refractivity contribution in [3.05, 3.63) is 71.4 Å². The molecule has 148 valence electrons. The number of carbonyl (C=O) groups excluding carboxylic acids is 2. The Morgan fingerprint density at radius 2 is 1.86 bits per heavy atom. The number of benzene rings is 1. The first-order valence-corrected chi connectivity index (χ1v) is 9.64. The molecule has 0 N–H and O–H groups in total. The van der Waals surface area contributed by atoms with E-state index in [2.05, 4.69) is 4.98 Å². The van der Waals surface area contributed by atoms with Crippen LogP contribution in [0.3, 0.4) is 0 Å². The molecular weight excluding hydrogens is 378 g/mol. The van der Waals surface area contributed by atoms with Gasteiger partial charge in [0.25, 0.3) is 5.91 Å². The largest absolute Gasteiger partial charge is 0.483 e. The molecule has 0 bridgehead atoms. The fraction of sp³-hybridized carbons (Fsp3) is 0.318. The number of Topliss-reactive ketones (excluding diaryl/α,β-unsaturated/α-hetero) is 1. The van der Waals surface area contributed by atoms with Crippen LogP contribution < -0.4 is 4.90 Å². The Balaban J connectivity index is 1.67. The summed E-state index contributed by atoms with van der Waals surface area (Å²) >= 11 is 0. The molecule has 2 aromatic rings. The van der Waals surface area contributed by atoms with Crippen molar-refractivity contribution in [1.82, 2.24) is 4.98 Å². The fourth-order valence-electron chi connectivity index (χ4n) is 4.54. The Labute approximate surface area is 166 Å². The van der Waals surface area contributed by atoms with Gasteiger partial charge in [-0.3, -0.25) is 14.5 Å². The third-order valence-corrected chi connectivity index (χ3v) is 5.88. The standard InChI is InChI=1S/C22H18F2N2O3/c23-12-8-9-16-14(11-12)20(27)18-19(13-5-1-2-6-15(13)24)26(22(28)21(18)29-16)17-7-3-4-10-25-17/h1-7,10,12,14,16,19H,8-9,11H2. The van der Waals surface area contributed by atoms with Gasteiger partial charge in [0.05, 0.1) is 17.5 Å². The first-order chi connectivity index (χ1) is 14.1. The average molecular weight is 396 g/mol. The Bertz CT molecular complexity index is 1020. The number of hydrogen-bond donors (Lipinski definition) is 0. The number of pyridine rings is 1. The van der Waals surface area contributed by atoms with E-state index in [1.165, 1.54) is 23.2 Å².